The molecule has 1 amide bonds. The fourth-order valence-corrected chi connectivity index (χ4v) is 1.94. The number of nitrogens with two attached hydrogens (primary N) is 1. The summed E-state index contributed by atoms with van der Waals surface area (Å²) in [4.78, 5) is 13.3. The Bertz CT molecular complexity index is 217. The van der Waals surface area contributed by atoms with Crippen LogP contribution < -0.4 is 11.3 Å². The summed E-state index contributed by atoms with van der Waals surface area (Å²) < 4.78 is 5.66. The number of carbonyl (C=O) groups is 1. The highest BCUT2D eigenvalue weighted by Crippen LogP contribution is 2.14. The van der Waals surface area contributed by atoms with E-state index in [4.69, 9.17) is 10.6 Å². The maximum Gasteiger partial charge on any atom is 0.235 e. The van der Waals surface area contributed by atoms with E-state index in [0.29, 0.717) is 12.5 Å². The lowest BCUT2D eigenvalue weighted by molar-refractivity contribution is -0.122. The Morgan fingerprint density at radius 2 is 2.38 bits per heavy atom. The van der Waals surface area contributed by atoms with Crippen molar-refractivity contribution < 1.29 is 9.53 Å². The van der Waals surface area contributed by atoms with Crippen LogP contribution in [0.25, 0.3) is 0 Å². The number of rotatable bonds is 5. The summed E-state index contributed by atoms with van der Waals surface area (Å²) in [7, 11) is 2.02. The minimum Gasteiger partial charge on any atom is -0.377 e. The molecule has 1 fully saturated rings. The first kappa shape index (κ1) is 13.4. The Hall–Kier alpha value is -0.650. The highest BCUT2D eigenvalue weighted by molar-refractivity contribution is 5.75. The molecule has 1 heterocycles. The van der Waals surface area contributed by atoms with Crippen LogP contribution in [0.2, 0.25) is 0 Å². The molecule has 3 N–H and O–H groups in total. The molecular weight excluding hydrogens is 206 g/mol. The van der Waals surface area contributed by atoms with E-state index in [9.17, 15) is 4.79 Å². The molecule has 0 radical (unpaired) electrons. The molecule has 1 aliphatic rings. The zero-order valence-corrected chi connectivity index (χ0v) is 10.2. The van der Waals surface area contributed by atoms with E-state index in [0.717, 1.165) is 19.6 Å². The largest absolute Gasteiger partial charge is 0.377 e. The monoisotopic (exact) mass is 229 g/mol. The molecule has 1 rings (SSSR count). The van der Waals surface area contributed by atoms with Crippen LogP contribution >= 0.6 is 0 Å². The van der Waals surface area contributed by atoms with Crippen molar-refractivity contribution in [2.75, 3.05) is 20.2 Å². The number of nitrogens with one attached hydrogen (secondary N) is 1. The quantitative estimate of drug-likeness (QED) is 0.403. The first-order valence-corrected chi connectivity index (χ1v) is 5.94. The number of hydrazine groups is 1. The molecule has 16 heavy (non-hydrogen) atoms. The third kappa shape index (κ3) is 4.47. The fraction of sp³-hybridized carbons (Fsp3) is 0.909. The molecule has 0 aliphatic carbocycles. The summed E-state index contributed by atoms with van der Waals surface area (Å²) in [5.41, 5.74) is 2.16. The topological polar surface area (TPSA) is 67.6 Å². The average Bonchev–Trinajstić information content (AvgIpc) is 2.30. The number of likely N-dealkylation sites (N-methyl/N-ethyl adjacent to an activating group) is 1. The molecule has 1 aliphatic heterocycles. The van der Waals surface area contributed by atoms with Gasteiger partial charge in [0.15, 0.2) is 0 Å². The third-order valence-electron chi connectivity index (χ3n) is 3.16. The minimum atomic E-state index is -0.121. The van der Waals surface area contributed by atoms with Crippen molar-refractivity contribution in [2.24, 2.45) is 5.84 Å². The zero-order chi connectivity index (χ0) is 12.0. The standard InChI is InChI=1S/C11H23N3O2/c1-9(7-11(15)13-12)14(2)8-10-5-3-4-6-16-10/h9-10H,3-8,12H2,1-2H3,(H,13,15). The molecule has 0 bridgehead atoms. The van der Waals surface area contributed by atoms with Gasteiger partial charge in [-0.1, -0.05) is 0 Å². The Labute approximate surface area is 97.3 Å². The van der Waals surface area contributed by atoms with Crippen LogP contribution in [0.5, 0.6) is 0 Å². The number of carbonyl (C=O) groups excluding carboxylic acids is 1. The summed E-state index contributed by atoms with van der Waals surface area (Å²) in [6.07, 6.45) is 4.30. The molecule has 0 aromatic heterocycles. The number of amides is 1. The van der Waals surface area contributed by atoms with Crippen LogP contribution in [0.1, 0.15) is 32.6 Å². The average molecular weight is 229 g/mol. The van der Waals surface area contributed by atoms with Crippen LogP contribution in [0.3, 0.4) is 0 Å². The number of ether oxygens (including phenoxy) is 1. The van der Waals surface area contributed by atoms with E-state index in [1.54, 1.807) is 0 Å². The molecule has 5 heteroatoms. The first-order valence-electron chi connectivity index (χ1n) is 5.94. The summed E-state index contributed by atoms with van der Waals surface area (Å²) >= 11 is 0. The van der Waals surface area contributed by atoms with Crippen molar-refractivity contribution in [2.45, 2.75) is 44.8 Å². The fourth-order valence-electron chi connectivity index (χ4n) is 1.94. The Kier molecular flexibility index (Phi) is 5.73. The summed E-state index contributed by atoms with van der Waals surface area (Å²) in [5.74, 6) is 4.94. The van der Waals surface area contributed by atoms with Gasteiger partial charge in [-0.05, 0) is 33.2 Å². The third-order valence-corrected chi connectivity index (χ3v) is 3.16. The molecule has 94 valence electrons. The SMILES string of the molecule is CC(CC(=O)NN)N(C)CC1CCCCO1. The van der Waals surface area contributed by atoms with Crippen LogP contribution in [-0.2, 0) is 9.53 Å². The van der Waals surface area contributed by atoms with Gasteiger partial charge in [0.2, 0.25) is 5.91 Å². The van der Waals surface area contributed by atoms with E-state index in [-0.39, 0.29) is 11.9 Å². The first-order chi connectivity index (χ1) is 7.63. The van der Waals surface area contributed by atoms with Crippen molar-refractivity contribution in [3.63, 3.8) is 0 Å². The van der Waals surface area contributed by atoms with Crippen LogP contribution in [-0.4, -0.2) is 43.2 Å². The van der Waals surface area contributed by atoms with Crippen molar-refractivity contribution in [1.29, 1.82) is 0 Å². The second-order valence-corrected chi connectivity index (χ2v) is 4.55. The smallest absolute Gasteiger partial charge is 0.235 e. The molecule has 0 saturated carbocycles. The highest BCUT2D eigenvalue weighted by Gasteiger charge is 2.19. The maximum atomic E-state index is 11.1. The van der Waals surface area contributed by atoms with Gasteiger partial charge in [-0.3, -0.25) is 10.2 Å². The van der Waals surface area contributed by atoms with Gasteiger partial charge >= 0.3 is 0 Å². The molecule has 0 aromatic rings. The van der Waals surface area contributed by atoms with Crippen molar-refractivity contribution >= 4 is 5.91 Å². The minimum absolute atomic E-state index is 0.121. The molecule has 1 saturated heterocycles. The molecule has 0 aromatic carbocycles. The Morgan fingerprint density at radius 3 is 2.94 bits per heavy atom. The van der Waals surface area contributed by atoms with E-state index in [1.165, 1.54) is 12.8 Å². The zero-order valence-electron chi connectivity index (χ0n) is 10.2. The van der Waals surface area contributed by atoms with E-state index >= 15 is 0 Å². The van der Waals surface area contributed by atoms with Crippen molar-refractivity contribution in [3.05, 3.63) is 0 Å². The van der Waals surface area contributed by atoms with Crippen molar-refractivity contribution in [3.8, 4) is 0 Å². The van der Waals surface area contributed by atoms with Gasteiger partial charge in [0.25, 0.3) is 0 Å². The normalized spacial score (nSPS) is 23.1. The molecular formula is C11H23N3O2. The van der Waals surface area contributed by atoms with Crippen LogP contribution in [0.4, 0.5) is 0 Å². The summed E-state index contributed by atoms with van der Waals surface area (Å²) in [6.45, 7) is 3.78. The van der Waals surface area contributed by atoms with Crippen molar-refractivity contribution in [1.82, 2.24) is 10.3 Å². The van der Waals surface area contributed by atoms with Gasteiger partial charge in [-0.25, -0.2) is 5.84 Å². The predicted octanol–water partition coefficient (Wildman–Crippen LogP) is 0.256. The highest BCUT2D eigenvalue weighted by atomic mass is 16.5. The molecule has 2 unspecified atom stereocenters. The van der Waals surface area contributed by atoms with Gasteiger partial charge in [0, 0.05) is 25.6 Å². The molecule has 2 atom stereocenters. The molecule has 0 spiro atoms. The van der Waals surface area contributed by atoms with Gasteiger partial charge < -0.3 is 9.64 Å². The molecule has 5 nitrogen and oxygen atoms in total. The lowest BCUT2D eigenvalue weighted by Gasteiger charge is -2.30. The van der Waals surface area contributed by atoms with Gasteiger partial charge in [-0.15, -0.1) is 0 Å². The second kappa shape index (κ2) is 6.83. The number of hydrogen-bond donors (Lipinski definition) is 2. The summed E-state index contributed by atoms with van der Waals surface area (Å²) in [5, 5.41) is 0. The lowest BCUT2D eigenvalue weighted by Crippen LogP contribution is -2.41. The predicted molar refractivity (Wildman–Crippen MR) is 62.6 cm³/mol. The van der Waals surface area contributed by atoms with E-state index in [2.05, 4.69) is 10.3 Å². The van der Waals surface area contributed by atoms with Gasteiger partial charge in [-0.2, -0.15) is 0 Å². The van der Waals surface area contributed by atoms with E-state index < -0.39 is 0 Å². The van der Waals surface area contributed by atoms with Gasteiger partial charge in [0.1, 0.15) is 0 Å². The second-order valence-electron chi connectivity index (χ2n) is 4.55. The van der Waals surface area contributed by atoms with E-state index in [1.807, 2.05) is 14.0 Å². The van der Waals surface area contributed by atoms with Crippen LogP contribution in [0, 0.1) is 0 Å². The maximum absolute atomic E-state index is 11.1. The van der Waals surface area contributed by atoms with Gasteiger partial charge in [0.05, 0.1) is 6.10 Å². The summed E-state index contributed by atoms with van der Waals surface area (Å²) in [6, 6.07) is 0.189. The lowest BCUT2D eigenvalue weighted by atomic mass is 10.1. The Balaban J connectivity index is 2.26. The Morgan fingerprint density at radius 1 is 1.62 bits per heavy atom. The number of nitrogens with zero attached hydrogens (tertiary/aromatic N) is 1. The van der Waals surface area contributed by atoms with Crippen LogP contribution in [0.15, 0.2) is 0 Å². The number of hydrogen-bond acceptors (Lipinski definition) is 4.